The number of hydrogen-bond acceptors (Lipinski definition) is 2. The van der Waals surface area contributed by atoms with Crippen molar-refractivity contribution in [1.82, 2.24) is 0 Å². The van der Waals surface area contributed by atoms with E-state index in [1.165, 1.54) is 0 Å². The average molecular weight is 259 g/mol. The van der Waals surface area contributed by atoms with Crippen LogP contribution < -0.4 is 0 Å². The van der Waals surface area contributed by atoms with Crippen LogP contribution in [0.1, 0.15) is 24.5 Å². The Bertz CT molecular complexity index is 379. The molecule has 1 N–H and O–H groups in total. The zero-order valence-electron chi connectivity index (χ0n) is 9.37. The van der Waals surface area contributed by atoms with E-state index in [0.29, 0.717) is 0 Å². The van der Waals surface area contributed by atoms with E-state index >= 15 is 0 Å². The van der Waals surface area contributed by atoms with Gasteiger partial charge in [-0.25, -0.2) is 0 Å². The van der Waals surface area contributed by atoms with E-state index in [2.05, 4.69) is 0 Å². The summed E-state index contributed by atoms with van der Waals surface area (Å²) >= 11 is 7.70. The van der Waals surface area contributed by atoms with Crippen molar-refractivity contribution >= 4 is 29.3 Å². The molecular weight excluding hydrogens is 244 g/mol. The zero-order valence-corrected chi connectivity index (χ0v) is 10.9. The third-order valence-electron chi connectivity index (χ3n) is 2.19. The molecular formula is C12H15ClO2S. The number of aliphatic carboxylic acids is 1. The van der Waals surface area contributed by atoms with Crippen LogP contribution in [-0.2, 0) is 10.5 Å². The highest BCUT2D eigenvalue weighted by atomic mass is 35.5. The molecule has 2 nitrogen and oxygen atoms in total. The minimum absolute atomic E-state index is 0.106. The van der Waals surface area contributed by atoms with Gasteiger partial charge in [0.25, 0.3) is 0 Å². The minimum Gasteiger partial charge on any atom is -0.481 e. The predicted octanol–water partition coefficient (Wildman–Crippen LogP) is 3.74. The molecule has 0 heterocycles. The fraction of sp³-hybridized carbons (Fsp3) is 0.417. The third kappa shape index (κ3) is 4.45. The first kappa shape index (κ1) is 13.4. The van der Waals surface area contributed by atoms with Crippen LogP contribution in [0.2, 0.25) is 5.02 Å². The van der Waals surface area contributed by atoms with Gasteiger partial charge in [0.2, 0.25) is 0 Å². The highest BCUT2D eigenvalue weighted by Crippen LogP contribution is 2.25. The van der Waals surface area contributed by atoms with Crippen LogP contribution in [0.5, 0.6) is 0 Å². The maximum atomic E-state index is 10.5. The molecule has 1 unspecified atom stereocenters. The van der Waals surface area contributed by atoms with Gasteiger partial charge in [0.1, 0.15) is 0 Å². The molecule has 1 atom stereocenters. The molecule has 0 aliphatic carbocycles. The summed E-state index contributed by atoms with van der Waals surface area (Å²) in [5.41, 5.74) is 2.20. The minimum atomic E-state index is -0.755. The molecule has 0 amide bonds. The summed E-state index contributed by atoms with van der Waals surface area (Å²) in [4.78, 5) is 10.5. The Morgan fingerprint density at radius 3 is 2.81 bits per heavy atom. The lowest BCUT2D eigenvalue weighted by Gasteiger charge is -2.09. The molecule has 0 saturated heterocycles. The molecule has 1 aromatic rings. The summed E-state index contributed by atoms with van der Waals surface area (Å²) < 4.78 is 0. The number of thioether (sulfide) groups is 1. The van der Waals surface area contributed by atoms with E-state index in [0.717, 1.165) is 21.9 Å². The van der Waals surface area contributed by atoms with Gasteiger partial charge in [0.15, 0.2) is 0 Å². The van der Waals surface area contributed by atoms with Crippen LogP contribution in [0.3, 0.4) is 0 Å². The van der Waals surface area contributed by atoms with Crippen LogP contribution in [-0.4, -0.2) is 16.3 Å². The highest BCUT2D eigenvalue weighted by molar-refractivity contribution is 7.99. The zero-order chi connectivity index (χ0) is 12.1. The molecule has 88 valence electrons. The van der Waals surface area contributed by atoms with Crippen LogP contribution in [0, 0.1) is 6.92 Å². The molecule has 0 aliphatic heterocycles. The maximum absolute atomic E-state index is 10.5. The number of aryl methyl sites for hydroxylation is 1. The normalized spacial score (nSPS) is 12.4. The van der Waals surface area contributed by atoms with Crippen molar-refractivity contribution in [3.63, 3.8) is 0 Å². The molecule has 0 fully saturated rings. The van der Waals surface area contributed by atoms with Gasteiger partial charge in [-0.15, -0.1) is 0 Å². The number of hydrogen-bond donors (Lipinski definition) is 1. The standard InChI is InChI=1S/C12H15ClO2S/c1-8-3-4-10(11(13)5-8)7-16-9(2)6-12(14)15/h3-5,9H,6-7H2,1-2H3,(H,14,15). The van der Waals surface area contributed by atoms with E-state index in [1.807, 2.05) is 32.0 Å². The van der Waals surface area contributed by atoms with Crippen molar-refractivity contribution in [3.05, 3.63) is 34.3 Å². The Morgan fingerprint density at radius 2 is 2.25 bits per heavy atom. The van der Waals surface area contributed by atoms with Crippen LogP contribution in [0.4, 0.5) is 0 Å². The second-order valence-corrected chi connectivity index (χ2v) is 5.65. The van der Waals surface area contributed by atoms with Gasteiger partial charge in [0.05, 0.1) is 6.42 Å². The van der Waals surface area contributed by atoms with Gasteiger partial charge in [-0.2, -0.15) is 11.8 Å². The van der Waals surface area contributed by atoms with E-state index in [1.54, 1.807) is 11.8 Å². The molecule has 0 bridgehead atoms. The molecule has 0 saturated carbocycles. The Kier molecular flexibility index (Phi) is 5.16. The molecule has 1 aromatic carbocycles. The number of halogens is 1. The van der Waals surface area contributed by atoms with Crippen molar-refractivity contribution in [2.75, 3.05) is 0 Å². The molecule has 0 aliphatic rings. The van der Waals surface area contributed by atoms with Crippen molar-refractivity contribution in [1.29, 1.82) is 0 Å². The molecule has 0 aromatic heterocycles. The number of carboxylic acids is 1. The molecule has 0 radical (unpaired) electrons. The van der Waals surface area contributed by atoms with Gasteiger partial charge in [-0.3, -0.25) is 4.79 Å². The third-order valence-corrected chi connectivity index (χ3v) is 3.76. The summed E-state index contributed by atoms with van der Waals surface area (Å²) in [6.07, 6.45) is 0.189. The van der Waals surface area contributed by atoms with Gasteiger partial charge < -0.3 is 5.11 Å². The van der Waals surface area contributed by atoms with Gasteiger partial charge in [-0.05, 0) is 24.1 Å². The number of benzene rings is 1. The molecule has 0 spiro atoms. The molecule has 16 heavy (non-hydrogen) atoms. The smallest absolute Gasteiger partial charge is 0.304 e. The number of carboxylic acid groups (broad SMARTS) is 1. The topological polar surface area (TPSA) is 37.3 Å². The maximum Gasteiger partial charge on any atom is 0.304 e. The summed E-state index contributed by atoms with van der Waals surface area (Å²) in [6, 6.07) is 5.95. The lowest BCUT2D eigenvalue weighted by Crippen LogP contribution is -2.05. The Hall–Kier alpha value is -0.670. The summed E-state index contributed by atoms with van der Waals surface area (Å²) in [7, 11) is 0. The predicted molar refractivity (Wildman–Crippen MR) is 69.2 cm³/mol. The van der Waals surface area contributed by atoms with E-state index in [9.17, 15) is 4.79 Å². The fourth-order valence-corrected chi connectivity index (χ4v) is 2.66. The lowest BCUT2D eigenvalue weighted by atomic mass is 10.2. The Labute approximate surface area is 105 Å². The van der Waals surface area contributed by atoms with Crippen LogP contribution >= 0.6 is 23.4 Å². The first-order chi connectivity index (χ1) is 7.49. The van der Waals surface area contributed by atoms with E-state index in [4.69, 9.17) is 16.7 Å². The fourth-order valence-electron chi connectivity index (χ4n) is 1.31. The summed E-state index contributed by atoms with van der Waals surface area (Å²) in [5.74, 6) is 0.00287. The largest absolute Gasteiger partial charge is 0.481 e. The lowest BCUT2D eigenvalue weighted by molar-refractivity contribution is -0.136. The second-order valence-electron chi connectivity index (χ2n) is 3.81. The van der Waals surface area contributed by atoms with Gasteiger partial charge in [0, 0.05) is 16.0 Å². The van der Waals surface area contributed by atoms with E-state index < -0.39 is 5.97 Å². The first-order valence-electron chi connectivity index (χ1n) is 5.07. The van der Waals surface area contributed by atoms with Gasteiger partial charge >= 0.3 is 5.97 Å². The van der Waals surface area contributed by atoms with Crippen molar-refractivity contribution in [2.24, 2.45) is 0 Å². The van der Waals surface area contributed by atoms with Crippen LogP contribution in [0.25, 0.3) is 0 Å². The number of carbonyl (C=O) groups is 1. The SMILES string of the molecule is Cc1ccc(CSC(C)CC(=O)O)c(Cl)c1. The monoisotopic (exact) mass is 258 g/mol. The van der Waals surface area contributed by atoms with Crippen molar-refractivity contribution < 1.29 is 9.90 Å². The Morgan fingerprint density at radius 1 is 1.56 bits per heavy atom. The highest BCUT2D eigenvalue weighted by Gasteiger charge is 2.09. The second kappa shape index (κ2) is 6.16. The summed E-state index contributed by atoms with van der Waals surface area (Å²) in [5, 5.41) is 9.50. The quantitative estimate of drug-likeness (QED) is 0.874. The Balaban J connectivity index is 2.51. The number of rotatable bonds is 5. The molecule has 1 rings (SSSR count). The first-order valence-corrected chi connectivity index (χ1v) is 6.50. The average Bonchev–Trinajstić information content (AvgIpc) is 2.15. The van der Waals surface area contributed by atoms with Crippen LogP contribution in [0.15, 0.2) is 18.2 Å². The summed E-state index contributed by atoms with van der Waals surface area (Å²) in [6.45, 7) is 3.91. The van der Waals surface area contributed by atoms with E-state index in [-0.39, 0.29) is 11.7 Å². The molecule has 4 heteroatoms. The van der Waals surface area contributed by atoms with Crippen molar-refractivity contribution in [2.45, 2.75) is 31.3 Å². The van der Waals surface area contributed by atoms with Gasteiger partial charge in [-0.1, -0.05) is 30.7 Å². The van der Waals surface area contributed by atoms with Crippen molar-refractivity contribution in [3.8, 4) is 0 Å².